The number of imide groups is 1. The highest BCUT2D eigenvalue weighted by Gasteiger charge is 2.25. The van der Waals surface area contributed by atoms with Crippen LogP contribution in [0.1, 0.15) is 54.5 Å². The summed E-state index contributed by atoms with van der Waals surface area (Å²) in [6, 6.07) is 4.48. The van der Waals surface area contributed by atoms with E-state index in [0.29, 0.717) is 5.82 Å². The molecule has 9 nitrogen and oxygen atoms in total. The summed E-state index contributed by atoms with van der Waals surface area (Å²) >= 11 is 6.11. The first-order valence-corrected chi connectivity index (χ1v) is 10.1. The number of nitrogens with one attached hydrogen (secondary N) is 2. The molecule has 2 aromatic rings. The molecule has 30 heavy (non-hydrogen) atoms. The molecule has 0 radical (unpaired) electrons. The monoisotopic (exact) mass is 433 g/mol. The van der Waals surface area contributed by atoms with Gasteiger partial charge in [-0.2, -0.15) is 5.10 Å². The standard InChI is InChI=1S/C20H24ClN5O4/c1-11-10-12(2)26(25-11)16-9-8-15(21)17(23-16)19(28)30-13(3)18(27)24-20(29)22-14-6-4-5-7-14/h8-10,13-14H,4-7H2,1-3H3,(H2,22,24,27,29). The summed E-state index contributed by atoms with van der Waals surface area (Å²) in [7, 11) is 0. The maximum absolute atomic E-state index is 12.5. The number of aromatic nitrogens is 3. The third kappa shape index (κ3) is 5.15. The molecule has 0 spiro atoms. The predicted molar refractivity (Wildman–Crippen MR) is 110 cm³/mol. The number of carbonyl (C=O) groups excluding carboxylic acids is 3. The number of hydrogen-bond acceptors (Lipinski definition) is 6. The lowest BCUT2D eigenvalue weighted by Crippen LogP contribution is -2.47. The third-order valence-electron chi connectivity index (χ3n) is 4.83. The molecule has 2 heterocycles. The lowest BCUT2D eigenvalue weighted by Gasteiger charge is -2.16. The van der Waals surface area contributed by atoms with Gasteiger partial charge in [0.25, 0.3) is 5.91 Å². The summed E-state index contributed by atoms with van der Waals surface area (Å²) < 4.78 is 6.74. The molecule has 0 saturated heterocycles. The van der Waals surface area contributed by atoms with Gasteiger partial charge in [0.15, 0.2) is 17.6 Å². The van der Waals surface area contributed by atoms with Gasteiger partial charge in [-0.3, -0.25) is 10.1 Å². The van der Waals surface area contributed by atoms with Gasteiger partial charge < -0.3 is 10.1 Å². The summed E-state index contributed by atoms with van der Waals surface area (Å²) in [6.07, 6.45) is 2.68. The number of pyridine rings is 1. The number of urea groups is 1. The second-order valence-corrected chi connectivity index (χ2v) is 7.74. The Morgan fingerprint density at radius 1 is 1.23 bits per heavy atom. The van der Waals surface area contributed by atoms with Crippen LogP contribution in [-0.4, -0.2) is 44.8 Å². The maximum Gasteiger partial charge on any atom is 0.359 e. The number of nitrogens with zero attached hydrogens (tertiary/aromatic N) is 3. The Labute approximate surface area is 179 Å². The first-order valence-electron chi connectivity index (χ1n) is 9.77. The molecule has 2 N–H and O–H groups in total. The van der Waals surface area contributed by atoms with E-state index in [0.717, 1.165) is 37.1 Å². The van der Waals surface area contributed by atoms with Crippen LogP contribution in [0, 0.1) is 13.8 Å². The van der Waals surface area contributed by atoms with E-state index in [1.165, 1.54) is 13.0 Å². The van der Waals surface area contributed by atoms with Crippen LogP contribution in [-0.2, 0) is 9.53 Å². The number of amides is 3. The molecule has 1 fully saturated rings. The minimum Gasteiger partial charge on any atom is -0.448 e. The van der Waals surface area contributed by atoms with Gasteiger partial charge in [-0.1, -0.05) is 24.4 Å². The van der Waals surface area contributed by atoms with E-state index >= 15 is 0 Å². The molecule has 1 atom stereocenters. The molecule has 0 aliphatic heterocycles. The van der Waals surface area contributed by atoms with E-state index in [1.807, 2.05) is 19.9 Å². The number of carbonyl (C=O) groups is 3. The maximum atomic E-state index is 12.5. The number of hydrogen-bond donors (Lipinski definition) is 2. The molecule has 160 valence electrons. The number of halogens is 1. The zero-order valence-corrected chi connectivity index (χ0v) is 17.8. The minimum atomic E-state index is -1.21. The Bertz CT molecular complexity index is 968. The van der Waals surface area contributed by atoms with E-state index in [2.05, 4.69) is 20.7 Å². The average Bonchev–Trinajstić information content (AvgIpc) is 3.30. The Balaban J connectivity index is 1.64. The molecule has 2 aromatic heterocycles. The van der Waals surface area contributed by atoms with E-state index in [9.17, 15) is 14.4 Å². The highest BCUT2D eigenvalue weighted by atomic mass is 35.5. The lowest BCUT2D eigenvalue weighted by atomic mass is 10.2. The molecule has 3 rings (SSSR count). The largest absolute Gasteiger partial charge is 0.448 e. The van der Waals surface area contributed by atoms with Crippen molar-refractivity contribution in [3.05, 3.63) is 40.3 Å². The third-order valence-corrected chi connectivity index (χ3v) is 5.14. The molecule has 10 heteroatoms. The summed E-state index contributed by atoms with van der Waals surface area (Å²) in [6.45, 7) is 5.07. The van der Waals surface area contributed by atoms with E-state index in [1.54, 1.807) is 10.7 Å². The van der Waals surface area contributed by atoms with Crippen LogP contribution in [0.5, 0.6) is 0 Å². The number of ether oxygens (including phenoxy) is 1. The Morgan fingerprint density at radius 2 is 1.93 bits per heavy atom. The zero-order valence-electron chi connectivity index (χ0n) is 17.1. The van der Waals surface area contributed by atoms with E-state index in [-0.39, 0.29) is 16.8 Å². The molecule has 0 bridgehead atoms. The fraction of sp³-hybridized carbons (Fsp3) is 0.450. The summed E-state index contributed by atoms with van der Waals surface area (Å²) in [5.74, 6) is -1.21. The second kappa shape index (κ2) is 9.25. The SMILES string of the molecule is Cc1cc(C)n(-c2ccc(Cl)c(C(=O)OC(C)C(=O)NC(=O)NC3CCCC3)n2)n1. The molecule has 1 saturated carbocycles. The topological polar surface area (TPSA) is 115 Å². The number of esters is 1. The Kier molecular flexibility index (Phi) is 6.71. The average molecular weight is 434 g/mol. The molecule has 1 aliphatic carbocycles. The van der Waals surface area contributed by atoms with Crippen LogP contribution in [0.15, 0.2) is 18.2 Å². The number of aryl methyl sites for hydroxylation is 2. The number of rotatable bonds is 5. The van der Waals surface area contributed by atoms with Gasteiger partial charge in [-0.05, 0) is 51.8 Å². The highest BCUT2D eigenvalue weighted by Crippen LogP contribution is 2.19. The van der Waals surface area contributed by atoms with Crippen molar-refractivity contribution in [2.45, 2.75) is 58.6 Å². The fourth-order valence-electron chi connectivity index (χ4n) is 3.33. The van der Waals surface area contributed by atoms with Gasteiger partial charge in [0.05, 0.1) is 10.7 Å². The van der Waals surface area contributed by atoms with Crippen LogP contribution in [0.4, 0.5) is 4.79 Å². The molecule has 1 unspecified atom stereocenters. The van der Waals surface area contributed by atoms with Crippen molar-refractivity contribution in [3.8, 4) is 5.82 Å². The minimum absolute atomic E-state index is 0.0655. The molecular weight excluding hydrogens is 410 g/mol. The molecular formula is C20H24ClN5O4. The van der Waals surface area contributed by atoms with Gasteiger partial charge in [-0.15, -0.1) is 0 Å². The lowest BCUT2D eigenvalue weighted by molar-refractivity contribution is -0.127. The van der Waals surface area contributed by atoms with E-state index in [4.69, 9.17) is 16.3 Å². The van der Waals surface area contributed by atoms with Crippen LogP contribution in [0.2, 0.25) is 5.02 Å². The van der Waals surface area contributed by atoms with Gasteiger partial charge in [0.1, 0.15) is 0 Å². The smallest absolute Gasteiger partial charge is 0.359 e. The van der Waals surface area contributed by atoms with E-state index < -0.39 is 24.0 Å². The summed E-state index contributed by atoms with van der Waals surface area (Å²) in [5.41, 5.74) is 1.49. The molecule has 0 aromatic carbocycles. The fourth-order valence-corrected chi connectivity index (χ4v) is 3.51. The first kappa shape index (κ1) is 21.8. The van der Waals surface area contributed by atoms with Crippen molar-refractivity contribution in [2.24, 2.45) is 0 Å². The summed E-state index contributed by atoms with van der Waals surface area (Å²) in [4.78, 5) is 40.9. The molecule has 1 aliphatic rings. The normalized spacial score (nSPS) is 14.9. The Morgan fingerprint density at radius 3 is 2.57 bits per heavy atom. The van der Waals surface area contributed by atoms with Crippen molar-refractivity contribution in [1.29, 1.82) is 0 Å². The van der Waals surface area contributed by atoms with Crippen LogP contribution in [0.25, 0.3) is 5.82 Å². The van der Waals surface area contributed by atoms with Crippen molar-refractivity contribution >= 4 is 29.5 Å². The van der Waals surface area contributed by atoms with Gasteiger partial charge >= 0.3 is 12.0 Å². The Hall–Kier alpha value is -2.94. The van der Waals surface area contributed by atoms with Gasteiger partial charge in [-0.25, -0.2) is 19.3 Å². The zero-order chi connectivity index (χ0) is 21.8. The second-order valence-electron chi connectivity index (χ2n) is 7.33. The quantitative estimate of drug-likeness (QED) is 0.700. The molecule has 3 amide bonds. The van der Waals surface area contributed by atoms with Crippen molar-refractivity contribution in [3.63, 3.8) is 0 Å². The van der Waals surface area contributed by atoms with Crippen molar-refractivity contribution in [1.82, 2.24) is 25.4 Å². The van der Waals surface area contributed by atoms with Gasteiger partial charge in [0, 0.05) is 11.7 Å². The van der Waals surface area contributed by atoms with Crippen LogP contribution >= 0.6 is 11.6 Å². The highest BCUT2D eigenvalue weighted by molar-refractivity contribution is 6.33. The first-order chi connectivity index (χ1) is 14.2. The van der Waals surface area contributed by atoms with Gasteiger partial charge in [0.2, 0.25) is 0 Å². The predicted octanol–water partition coefficient (Wildman–Crippen LogP) is 2.85. The summed E-state index contributed by atoms with van der Waals surface area (Å²) in [5, 5.41) is 9.33. The van der Waals surface area contributed by atoms with Crippen LogP contribution < -0.4 is 10.6 Å². The van der Waals surface area contributed by atoms with Crippen LogP contribution in [0.3, 0.4) is 0 Å². The van der Waals surface area contributed by atoms with Crippen molar-refractivity contribution < 1.29 is 19.1 Å². The van der Waals surface area contributed by atoms with Crippen molar-refractivity contribution in [2.75, 3.05) is 0 Å².